The van der Waals surface area contributed by atoms with E-state index in [1.807, 2.05) is 11.8 Å². The van der Waals surface area contributed by atoms with E-state index in [0.717, 1.165) is 25.9 Å². The Bertz CT molecular complexity index is 388. The highest BCUT2D eigenvalue weighted by Crippen LogP contribution is 2.42. The Hall–Kier alpha value is -1.14. The minimum absolute atomic E-state index is 0.0104. The molecule has 1 heterocycles. The van der Waals surface area contributed by atoms with Gasteiger partial charge in [-0.05, 0) is 19.3 Å². The molecule has 2 amide bonds. The highest BCUT2D eigenvalue weighted by molar-refractivity contribution is 6.05. The monoisotopic (exact) mass is 297 g/mol. The minimum Gasteiger partial charge on any atom is -0.392 e. The molecular formula is C15H27N3O3. The molecule has 0 aromatic heterocycles. The smallest absolute Gasteiger partial charge is 0.238 e. The molecule has 1 atom stereocenters. The fourth-order valence-electron chi connectivity index (χ4n) is 3.17. The van der Waals surface area contributed by atoms with Crippen molar-refractivity contribution in [3.8, 4) is 0 Å². The van der Waals surface area contributed by atoms with Crippen LogP contribution in [0.3, 0.4) is 0 Å². The van der Waals surface area contributed by atoms with Gasteiger partial charge in [0.1, 0.15) is 5.41 Å². The fraction of sp³-hybridized carbons (Fsp3) is 0.867. The van der Waals surface area contributed by atoms with Crippen LogP contribution in [0.25, 0.3) is 0 Å². The Morgan fingerprint density at radius 1 is 1.24 bits per heavy atom. The van der Waals surface area contributed by atoms with Crippen molar-refractivity contribution in [1.29, 1.82) is 0 Å². The molecule has 1 aliphatic heterocycles. The van der Waals surface area contributed by atoms with Crippen molar-refractivity contribution in [2.45, 2.75) is 38.7 Å². The van der Waals surface area contributed by atoms with Crippen molar-refractivity contribution in [2.75, 3.05) is 39.8 Å². The predicted molar refractivity (Wildman–Crippen MR) is 79.7 cm³/mol. The van der Waals surface area contributed by atoms with Gasteiger partial charge >= 0.3 is 0 Å². The van der Waals surface area contributed by atoms with Crippen LogP contribution in [-0.4, -0.2) is 72.6 Å². The van der Waals surface area contributed by atoms with Crippen molar-refractivity contribution < 1.29 is 14.7 Å². The maximum Gasteiger partial charge on any atom is 0.238 e. The molecule has 2 aliphatic rings. The Balaban J connectivity index is 1.89. The van der Waals surface area contributed by atoms with E-state index in [1.165, 1.54) is 0 Å². The van der Waals surface area contributed by atoms with Crippen LogP contribution in [0.1, 0.15) is 32.6 Å². The van der Waals surface area contributed by atoms with Crippen LogP contribution in [-0.2, 0) is 9.59 Å². The van der Waals surface area contributed by atoms with Crippen LogP contribution < -0.4 is 5.32 Å². The lowest BCUT2D eigenvalue weighted by atomic mass is 9.67. The van der Waals surface area contributed by atoms with Gasteiger partial charge in [-0.25, -0.2) is 0 Å². The summed E-state index contributed by atoms with van der Waals surface area (Å²) in [4.78, 5) is 28.7. The lowest BCUT2D eigenvalue weighted by Crippen LogP contribution is -2.59. The Morgan fingerprint density at radius 3 is 2.29 bits per heavy atom. The molecule has 0 aromatic rings. The van der Waals surface area contributed by atoms with Crippen molar-refractivity contribution in [1.82, 2.24) is 15.1 Å². The van der Waals surface area contributed by atoms with Gasteiger partial charge in [-0.15, -0.1) is 0 Å². The first-order valence-corrected chi connectivity index (χ1v) is 7.95. The zero-order chi connectivity index (χ0) is 15.5. The molecule has 0 spiro atoms. The van der Waals surface area contributed by atoms with E-state index in [4.69, 9.17) is 0 Å². The number of hydrogen-bond acceptors (Lipinski definition) is 4. The van der Waals surface area contributed by atoms with Gasteiger partial charge in [0.25, 0.3) is 0 Å². The van der Waals surface area contributed by atoms with Gasteiger partial charge in [-0.1, -0.05) is 13.3 Å². The van der Waals surface area contributed by atoms with Crippen molar-refractivity contribution in [3.05, 3.63) is 0 Å². The zero-order valence-corrected chi connectivity index (χ0v) is 13.1. The van der Waals surface area contributed by atoms with Gasteiger partial charge in [-0.3, -0.25) is 14.5 Å². The highest BCUT2D eigenvalue weighted by Gasteiger charge is 2.52. The molecule has 6 nitrogen and oxygen atoms in total. The van der Waals surface area contributed by atoms with Gasteiger partial charge in [0.05, 0.1) is 6.10 Å². The number of rotatable bonds is 5. The van der Waals surface area contributed by atoms with Gasteiger partial charge in [0, 0.05) is 39.8 Å². The van der Waals surface area contributed by atoms with Crippen molar-refractivity contribution >= 4 is 11.8 Å². The summed E-state index contributed by atoms with van der Waals surface area (Å²) in [5.74, 6) is -0.147. The number of hydrogen-bond donors (Lipinski definition) is 2. The summed E-state index contributed by atoms with van der Waals surface area (Å²) in [5, 5.41) is 12.3. The molecule has 1 unspecified atom stereocenters. The summed E-state index contributed by atoms with van der Waals surface area (Å²) in [5.41, 5.74) is -0.806. The first-order chi connectivity index (χ1) is 10.0. The molecule has 21 heavy (non-hydrogen) atoms. The standard InChI is InChI=1S/C15H27N3O3/c1-3-12(19)11-17-7-9-18(10-8-17)14(21)15(5-4-6-15)13(20)16-2/h12,19H,3-11H2,1-2H3,(H,16,20). The Kier molecular flexibility index (Phi) is 5.22. The quantitative estimate of drug-likeness (QED) is 0.690. The average molecular weight is 297 g/mol. The van der Waals surface area contributed by atoms with E-state index in [9.17, 15) is 14.7 Å². The summed E-state index contributed by atoms with van der Waals surface area (Å²) in [7, 11) is 1.60. The molecule has 2 N–H and O–H groups in total. The van der Waals surface area contributed by atoms with E-state index in [2.05, 4.69) is 10.2 Å². The lowest BCUT2D eigenvalue weighted by molar-refractivity contribution is -0.158. The summed E-state index contributed by atoms with van der Waals surface area (Å²) < 4.78 is 0. The Labute approximate surface area is 126 Å². The number of carbonyl (C=O) groups is 2. The zero-order valence-electron chi connectivity index (χ0n) is 13.1. The molecule has 0 bridgehead atoms. The number of aliphatic hydroxyl groups is 1. The van der Waals surface area contributed by atoms with Crippen LogP contribution in [0.4, 0.5) is 0 Å². The van der Waals surface area contributed by atoms with Crippen LogP contribution in [0.2, 0.25) is 0 Å². The molecule has 1 saturated carbocycles. The number of nitrogens with zero attached hydrogens (tertiary/aromatic N) is 2. The maximum absolute atomic E-state index is 12.7. The second kappa shape index (κ2) is 6.75. The van der Waals surface area contributed by atoms with E-state index < -0.39 is 5.41 Å². The largest absolute Gasteiger partial charge is 0.392 e. The molecule has 1 saturated heterocycles. The maximum atomic E-state index is 12.7. The second-order valence-electron chi connectivity index (χ2n) is 6.17. The third kappa shape index (κ3) is 3.21. The van der Waals surface area contributed by atoms with Crippen LogP contribution >= 0.6 is 0 Å². The number of piperazine rings is 1. The summed E-state index contributed by atoms with van der Waals surface area (Å²) in [6.45, 7) is 5.47. The van der Waals surface area contributed by atoms with Gasteiger partial charge in [0.15, 0.2) is 0 Å². The second-order valence-corrected chi connectivity index (χ2v) is 6.17. The Morgan fingerprint density at radius 2 is 1.86 bits per heavy atom. The third-order valence-corrected chi connectivity index (χ3v) is 4.88. The number of aliphatic hydroxyl groups excluding tert-OH is 1. The number of nitrogens with one attached hydrogen (secondary N) is 1. The van der Waals surface area contributed by atoms with Crippen molar-refractivity contribution in [3.63, 3.8) is 0 Å². The first-order valence-electron chi connectivity index (χ1n) is 7.95. The molecule has 6 heteroatoms. The SMILES string of the molecule is CCC(O)CN1CCN(C(=O)C2(C(=O)NC)CCC2)CC1. The number of amides is 2. The predicted octanol–water partition coefficient (Wildman–Crippen LogP) is -0.182. The van der Waals surface area contributed by atoms with E-state index in [0.29, 0.717) is 32.5 Å². The van der Waals surface area contributed by atoms with E-state index in [-0.39, 0.29) is 17.9 Å². The third-order valence-electron chi connectivity index (χ3n) is 4.88. The van der Waals surface area contributed by atoms with E-state index >= 15 is 0 Å². The molecule has 1 aliphatic carbocycles. The molecule has 2 rings (SSSR count). The van der Waals surface area contributed by atoms with E-state index in [1.54, 1.807) is 7.05 Å². The first kappa shape index (κ1) is 16.2. The van der Waals surface area contributed by atoms with Crippen LogP contribution in [0.15, 0.2) is 0 Å². The van der Waals surface area contributed by atoms with Gasteiger partial charge < -0.3 is 15.3 Å². The van der Waals surface area contributed by atoms with Crippen LogP contribution in [0.5, 0.6) is 0 Å². The fourth-order valence-corrected chi connectivity index (χ4v) is 3.17. The average Bonchev–Trinajstić information content (AvgIpc) is 2.46. The van der Waals surface area contributed by atoms with Gasteiger partial charge in [0.2, 0.25) is 11.8 Å². The molecule has 0 aromatic carbocycles. The molecule has 2 fully saturated rings. The molecule has 120 valence electrons. The van der Waals surface area contributed by atoms with Gasteiger partial charge in [-0.2, -0.15) is 0 Å². The van der Waals surface area contributed by atoms with Crippen LogP contribution in [0, 0.1) is 5.41 Å². The number of carbonyl (C=O) groups excluding carboxylic acids is 2. The topological polar surface area (TPSA) is 72.9 Å². The number of β-amino-alcohol motifs (C(OH)–C–C–N with tert-alkyl or cyclic N) is 1. The summed E-state index contributed by atoms with van der Waals surface area (Å²) >= 11 is 0. The molecule has 0 radical (unpaired) electrons. The van der Waals surface area contributed by atoms with Crippen molar-refractivity contribution in [2.24, 2.45) is 5.41 Å². The normalized spacial score (nSPS) is 23.3. The molecular weight excluding hydrogens is 270 g/mol. The lowest BCUT2D eigenvalue weighted by Gasteiger charge is -2.44. The minimum atomic E-state index is -0.806. The summed E-state index contributed by atoms with van der Waals surface area (Å²) in [6, 6.07) is 0. The summed E-state index contributed by atoms with van der Waals surface area (Å²) in [6.07, 6.45) is 2.73. The highest BCUT2D eigenvalue weighted by atomic mass is 16.3.